The summed E-state index contributed by atoms with van der Waals surface area (Å²) in [5, 5.41) is 0. The highest BCUT2D eigenvalue weighted by molar-refractivity contribution is 14.1. The van der Waals surface area contributed by atoms with Crippen molar-refractivity contribution in [2.75, 3.05) is 0 Å². The molecule has 3 nitrogen and oxygen atoms in total. The van der Waals surface area contributed by atoms with Crippen LogP contribution in [-0.2, 0) is 9.84 Å². The van der Waals surface area contributed by atoms with Gasteiger partial charge in [0, 0.05) is 9.14 Å². The van der Waals surface area contributed by atoms with E-state index in [9.17, 15) is 13.2 Å². The number of carbonyl (C=O) groups excluding carboxylic acids is 1. The maximum Gasteiger partial charge on any atom is 0.211 e. The van der Waals surface area contributed by atoms with Crippen molar-refractivity contribution in [3.8, 4) is 0 Å². The van der Waals surface area contributed by atoms with Gasteiger partial charge in [0.1, 0.15) is 4.91 Å². The molecule has 5 heteroatoms. The van der Waals surface area contributed by atoms with Crippen LogP contribution in [0.1, 0.15) is 21.5 Å². The summed E-state index contributed by atoms with van der Waals surface area (Å²) in [6.45, 7) is 1.87. The number of allylic oxidation sites excluding steroid dienone is 1. The Kier molecular flexibility index (Phi) is 5.92. The van der Waals surface area contributed by atoms with Gasteiger partial charge in [-0.05, 0) is 53.3 Å². The molecular weight excluding hydrogens is 471 g/mol. The highest BCUT2D eigenvalue weighted by Gasteiger charge is 2.31. The predicted molar refractivity (Wildman–Crippen MR) is 117 cm³/mol. The summed E-state index contributed by atoms with van der Waals surface area (Å²) in [5.74, 6) is -0.504. The van der Waals surface area contributed by atoms with E-state index < -0.39 is 15.6 Å². The molecule has 0 bridgehead atoms. The first-order valence-electron chi connectivity index (χ1n) is 8.28. The van der Waals surface area contributed by atoms with E-state index in [1.807, 2.05) is 53.8 Å². The molecule has 0 heterocycles. The van der Waals surface area contributed by atoms with Crippen LogP contribution < -0.4 is 0 Å². The number of hydrogen-bond acceptors (Lipinski definition) is 3. The lowest BCUT2D eigenvalue weighted by Gasteiger charge is -2.13. The zero-order valence-electron chi connectivity index (χ0n) is 14.6. The molecule has 0 fully saturated rings. The standard InChI is InChI=1S/C22H17IO3S/c1-16-9-8-12-18(15-16)21(24)22(20(23)17-10-4-2-5-11-17)27(25,26)19-13-6-3-7-14-19/h2-15H,1H3/b22-20+. The number of aryl methyl sites for hydroxylation is 1. The van der Waals surface area contributed by atoms with Crippen LogP contribution in [0.15, 0.2) is 94.7 Å². The van der Waals surface area contributed by atoms with E-state index in [-0.39, 0.29) is 9.80 Å². The number of rotatable bonds is 5. The van der Waals surface area contributed by atoms with Gasteiger partial charge in [0.25, 0.3) is 0 Å². The molecule has 27 heavy (non-hydrogen) atoms. The molecule has 0 aliphatic heterocycles. The minimum absolute atomic E-state index is 0.103. The summed E-state index contributed by atoms with van der Waals surface area (Å²) in [6.07, 6.45) is 0. The fourth-order valence-electron chi connectivity index (χ4n) is 2.69. The molecule has 0 saturated heterocycles. The number of Topliss-reactive ketones (excluding diaryl/α,β-unsaturated/α-hetero) is 1. The van der Waals surface area contributed by atoms with Gasteiger partial charge in [0.05, 0.1) is 4.90 Å². The number of hydrogen-bond donors (Lipinski definition) is 0. The maximum atomic E-state index is 13.4. The van der Waals surface area contributed by atoms with Crippen LogP contribution in [-0.4, -0.2) is 14.2 Å². The van der Waals surface area contributed by atoms with E-state index in [4.69, 9.17) is 0 Å². The molecule has 3 aromatic carbocycles. The van der Waals surface area contributed by atoms with Gasteiger partial charge in [0.2, 0.25) is 15.6 Å². The molecule has 0 radical (unpaired) electrons. The van der Waals surface area contributed by atoms with Crippen molar-refractivity contribution < 1.29 is 13.2 Å². The third-order valence-electron chi connectivity index (χ3n) is 4.04. The highest BCUT2D eigenvalue weighted by Crippen LogP contribution is 2.34. The number of carbonyl (C=O) groups is 1. The topological polar surface area (TPSA) is 51.2 Å². The summed E-state index contributed by atoms with van der Waals surface area (Å²) >= 11 is 1.95. The Bertz CT molecular complexity index is 1100. The van der Waals surface area contributed by atoms with Gasteiger partial charge < -0.3 is 0 Å². The van der Waals surface area contributed by atoms with Crippen LogP contribution in [0.2, 0.25) is 0 Å². The van der Waals surface area contributed by atoms with Crippen molar-refractivity contribution in [1.82, 2.24) is 0 Å². The van der Waals surface area contributed by atoms with Crippen LogP contribution in [0.25, 0.3) is 3.58 Å². The summed E-state index contributed by atoms with van der Waals surface area (Å²) in [7, 11) is -3.99. The number of halogens is 1. The Morgan fingerprint density at radius 3 is 1.93 bits per heavy atom. The van der Waals surface area contributed by atoms with E-state index >= 15 is 0 Å². The average molecular weight is 488 g/mol. The van der Waals surface area contributed by atoms with Crippen LogP contribution in [0, 0.1) is 6.92 Å². The summed E-state index contributed by atoms with van der Waals surface area (Å²) in [4.78, 5) is 13.2. The summed E-state index contributed by atoms with van der Waals surface area (Å²) in [6, 6.07) is 24.1. The lowest BCUT2D eigenvalue weighted by atomic mass is 10.1. The van der Waals surface area contributed by atoms with Gasteiger partial charge in [-0.3, -0.25) is 4.79 Å². The van der Waals surface area contributed by atoms with Gasteiger partial charge in [-0.25, -0.2) is 8.42 Å². The molecule has 0 spiro atoms. The number of ketones is 1. The second kappa shape index (κ2) is 8.19. The Hall–Kier alpha value is -2.25. The quantitative estimate of drug-likeness (QED) is 0.273. The number of sulfone groups is 1. The van der Waals surface area contributed by atoms with E-state index in [2.05, 4.69) is 0 Å². The van der Waals surface area contributed by atoms with Gasteiger partial charge >= 0.3 is 0 Å². The molecule has 0 atom stereocenters. The van der Waals surface area contributed by atoms with Crippen LogP contribution in [0.4, 0.5) is 0 Å². The molecule has 0 aliphatic rings. The fraction of sp³-hybridized carbons (Fsp3) is 0.0455. The third kappa shape index (κ3) is 4.20. The first-order chi connectivity index (χ1) is 12.9. The van der Waals surface area contributed by atoms with E-state index in [0.717, 1.165) is 5.56 Å². The Balaban J connectivity index is 2.26. The number of benzene rings is 3. The second-order valence-electron chi connectivity index (χ2n) is 6.02. The normalized spacial score (nSPS) is 12.4. The molecule has 3 rings (SSSR count). The molecule has 0 N–H and O–H groups in total. The minimum Gasteiger partial charge on any atom is -0.288 e. The average Bonchev–Trinajstić information content (AvgIpc) is 2.69. The zero-order chi connectivity index (χ0) is 19.4. The van der Waals surface area contributed by atoms with Crippen molar-refractivity contribution in [3.05, 3.63) is 107 Å². The Morgan fingerprint density at radius 1 is 0.778 bits per heavy atom. The van der Waals surface area contributed by atoms with Crippen molar-refractivity contribution in [1.29, 1.82) is 0 Å². The highest BCUT2D eigenvalue weighted by atomic mass is 127. The van der Waals surface area contributed by atoms with Crippen LogP contribution in [0.3, 0.4) is 0 Å². The first kappa shape index (κ1) is 19.5. The first-order valence-corrected chi connectivity index (χ1v) is 10.8. The van der Waals surface area contributed by atoms with E-state index in [1.54, 1.807) is 48.5 Å². The minimum atomic E-state index is -3.99. The molecule has 0 unspecified atom stereocenters. The van der Waals surface area contributed by atoms with Crippen molar-refractivity contribution >= 4 is 41.8 Å². The van der Waals surface area contributed by atoms with Gasteiger partial charge in [0.15, 0.2) is 0 Å². The van der Waals surface area contributed by atoms with Gasteiger partial charge in [-0.2, -0.15) is 0 Å². The Morgan fingerprint density at radius 2 is 1.33 bits per heavy atom. The molecule has 3 aromatic rings. The summed E-state index contributed by atoms with van der Waals surface area (Å²) < 4.78 is 27.1. The SMILES string of the molecule is Cc1cccc(C(=O)/C(=C(\I)c2ccccc2)S(=O)(=O)c2ccccc2)c1. The smallest absolute Gasteiger partial charge is 0.211 e. The van der Waals surface area contributed by atoms with Crippen molar-refractivity contribution in [2.24, 2.45) is 0 Å². The molecule has 0 aromatic heterocycles. The molecule has 0 saturated carbocycles. The lowest BCUT2D eigenvalue weighted by molar-refractivity contribution is 0.104. The van der Waals surface area contributed by atoms with Crippen LogP contribution in [0.5, 0.6) is 0 Å². The van der Waals surface area contributed by atoms with E-state index in [0.29, 0.717) is 14.7 Å². The van der Waals surface area contributed by atoms with E-state index in [1.165, 1.54) is 12.1 Å². The van der Waals surface area contributed by atoms with Crippen molar-refractivity contribution in [2.45, 2.75) is 11.8 Å². The largest absolute Gasteiger partial charge is 0.288 e. The maximum absolute atomic E-state index is 13.4. The van der Waals surface area contributed by atoms with Crippen molar-refractivity contribution in [3.63, 3.8) is 0 Å². The predicted octanol–water partition coefficient (Wildman–Crippen LogP) is 5.46. The fourth-order valence-corrected chi connectivity index (χ4v) is 5.63. The zero-order valence-corrected chi connectivity index (χ0v) is 17.6. The molecule has 0 aliphatic carbocycles. The molecular formula is C22H17IO3S. The Labute approximate surface area is 172 Å². The van der Waals surface area contributed by atoms with Gasteiger partial charge in [-0.15, -0.1) is 0 Å². The third-order valence-corrected chi connectivity index (χ3v) is 7.38. The lowest BCUT2D eigenvalue weighted by Crippen LogP contribution is -2.16. The summed E-state index contributed by atoms with van der Waals surface area (Å²) in [5.41, 5.74) is 1.94. The second-order valence-corrected chi connectivity index (χ2v) is 8.99. The van der Waals surface area contributed by atoms with Crippen LogP contribution >= 0.6 is 22.6 Å². The van der Waals surface area contributed by atoms with Gasteiger partial charge in [-0.1, -0.05) is 72.3 Å². The molecule has 136 valence electrons. The monoisotopic (exact) mass is 488 g/mol. The molecule has 0 amide bonds.